The normalized spacial score (nSPS) is 14.0. The van der Waals surface area contributed by atoms with Crippen molar-refractivity contribution in [3.05, 3.63) is 0 Å². The highest BCUT2D eigenvalue weighted by molar-refractivity contribution is 7.91. The Balaban J connectivity index is 2.76. The fourth-order valence-electron chi connectivity index (χ4n) is 1.14. The summed E-state index contributed by atoms with van der Waals surface area (Å²) in [6, 6.07) is -0.106. The fraction of sp³-hybridized carbons (Fsp3) is 0.714. The van der Waals surface area contributed by atoms with Crippen LogP contribution in [0.4, 0.5) is 5.13 Å². The average Bonchev–Trinajstić information content (AvgIpc) is 2.51. The van der Waals surface area contributed by atoms with Gasteiger partial charge in [0.1, 0.15) is 0 Å². The number of hydrogen-bond donors (Lipinski definition) is 2. The quantitative estimate of drug-likeness (QED) is 0.797. The lowest BCUT2D eigenvalue weighted by Gasteiger charge is -2.10. The van der Waals surface area contributed by atoms with E-state index in [0.717, 1.165) is 24.2 Å². The van der Waals surface area contributed by atoms with Crippen LogP contribution in [0.1, 0.15) is 26.7 Å². The van der Waals surface area contributed by atoms with E-state index in [4.69, 9.17) is 5.73 Å². The molecule has 0 aliphatic carbocycles. The minimum absolute atomic E-state index is 0.0806. The third-order valence-electron chi connectivity index (χ3n) is 1.73. The maximum Gasteiger partial charge on any atom is 0.270 e. The van der Waals surface area contributed by atoms with E-state index in [9.17, 15) is 8.42 Å². The molecule has 0 aliphatic rings. The average molecular weight is 250 g/mol. The maximum absolute atomic E-state index is 11.7. The molecule has 1 aromatic rings. The number of nitrogen functional groups attached to an aromatic ring is 1. The molecule has 0 saturated carbocycles. The smallest absolute Gasteiger partial charge is 0.270 e. The molecule has 0 radical (unpaired) electrons. The van der Waals surface area contributed by atoms with E-state index in [1.807, 2.05) is 13.8 Å². The molecule has 6 nitrogen and oxygen atoms in total. The molecule has 1 rings (SSSR count). The number of aromatic nitrogens is 2. The van der Waals surface area contributed by atoms with E-state index in [2.05, 4.69) is 14.9 Å². The minimum Gasteiger partial charge on any atom is -0.374 e. The monoisotopic (exact) mass is 250 g/mol. The topological polar surface area (TPSA) is 98.0 Å². The molecular formula is C7H14N4O2S2. The Morgan fingerprint density at radius 2 is 2.20 bits per heavy atom. The van der Waals surface area contributed by atoms with Crippen LogP contribution in [0.15, 0.2) is 4.34 Å². The zero-order valence-corrected chi connectivity index (χ0v) is 10.2. The first-order valence-corrected chi connectivity index (χ1v) is 6.87. The summed E-state index contributed by atoms with van der Waals surface area (Å²) in [5.74, 6) is 0. The largest absolute Gasteiger partial charge is 0.374 e. The molecule has 86 valence electrons. The molecule has 0 bridgehead atoms. The van der Waals surface area contributed by atoms with Gasteiger partial charge in [-0.1, -0.05) is 24.7 Å². The molecule has 1 aromatic heterocycles. The molecular weight excluding hydrogens is 236 g/mol. The Morgan fingerprint density at radius 3 is 2.67 bits per heavy atom. The van der Waals surface area contributed by atoms with Gasteiger partial charge >= 0.3 is 0 Å². The van der Waals surface area contributed by atoms with Crippen LogP contribution in [0.3, 0.4) is 0 Å². The van der Waals surface area contributed by atoms with Gasteiger partial charge in [-0.2, -0.15) is 0 Å². The highest BCUT2D eigenvalue weighted by Crippen LogP contribution is 2.17. The fourth-order valence-corrected chi connectivity index (χ4v) is 3.21. The summed E-state index contributed by atoms with van der Waals surface area (Å²) in [7, 11) is -3.55. The Bertz CT molecular complexity index is 414. The third-order valence-corrected chi connectivity index (χ3v) is 4.44. The van der Waals surface area contributed by atoms with Crippen LogP contribution in [0, 0.1) is 0 Å². The van der Waals surface area contributed by atoms with Gasteiger partial charge in [0.15, 0.2) is 0 Å². The zero-order valence-electron chi connectivity index (χ0n) is 8.60. The zero-order chi connectivity index (χ0) is 11.5. The summed E-state index contributed by atoms with van der Waals surface area (Å²) in [6.07, 6.45) is 1.70. The van der Waals surface area contributed by atoms with Crippen molar-refractivity contribution in [2.75, 3.05) is 5.73 Å². The molecule has 0 amide bonds. The SMILES string of the molecule is CCCC(C)NS(=O)(=O)c1nnc(N)s1. The van der Waals surface area contributed by atoms with E-state index >= 15 is 0 Å². The summed E-state index contributed by atoms with van der Waals surface area (Å²) in [5.41, 5.74) is 5.32. The van der Waals surface area contributed by atoms with E-state index in [-0.39, 0.29) is 15.5 Å². The van der Waals surface area contributed by atoms with Gasteiger partial charge in [0.2, 0.25) is 9.47 Å². The lowest BCUT2D eigenvalue weighted by molar-refractivity contribution is 0.542. The Hall–Kier alpha value is -0.730. The second-order valence-electron chi connectivity index (χ2n) is 3.22. The molecule has 3 N–H and O–H groups in total. The first kappa shape index (κ1) is 12.3. The molecule has 1 heterocycles. The van der Waals surface area contributed by atoms with Gasteiger partial charge in [0.25, 0.3) is 10.0 Å². The number of nitrogens with two attached hydrogens (primary N) is 1. The van der Waals surface area contributed by atoms with Crippen LogP contribution in [-0.2, 0) is 10.0 Å². The summed E-state index contributed by atoms with van der Waals surface area (Å²) < 4.78 is 25.8. The lowest BCUT2D eigenvalue weighted by atomic mass is 10.2. The van der Waals surface area contributed by atoms with Crippen LogP contribution >= 0.6 is 11.3 Å². The van der Waals surface area contributed by atoms with Crippen molar-refractivity contribution in [1.82, 2.24) is 14.9 Å². The van der Waals surface area contributed by atoms with Gasteiger partial charge in [0, 0.05) is 6.04 Å². The highest BCUT2D eigenvalue weighted by Gasteiger charge is 2.21. The van der Waals surface area contributed by atoms with Gasteiger partial charge in [-0.25, -0.2) is 13.1 Å². The summed E-state index contributed by atoms with van der Waals surface area (Å²) in [5, 5.41) is 7.11. The lowest BCUT2D eigenvalue weighted by Crippen LogP contribution is -2.32. The molecule has 1 unspecified atom stereocenters. The summed E-state index contributed by atoms with van der Waals surface area (Å²) in [4.78, 5) is 0. The predicted octanol–water partition coefficient (Wildman–Crippen LogP) is 0.587. The van der Waals surface area contributed by atoms with Crippen molar-refractivity contribution in [2.24, 2.45) is 0 Å². The third kappa shape index (κ3) is 3.40. The summed E-state index contributed by atoms with van der Waals surface area (Å²) in [6.45, 7) is 3.80. The van der Waals surface area contributed by atoms with E-state index in [1.165, 1.54) is 0 Å². The first-order valence-electron chi connectivity index (χ1n) is 4.57. The second-order valence-corrected chi connectivity index (χ2v) is 6.11. The van der Waals surface area contributed by atoms with Crippen molar-refractivity contribution in [3.8, 4) is 0 Å². The predicted molar refractivity (Wildman–Crippen MR) is 59.0 cm³/mol. The standard InChI is InChI=1S/C7H14N4O2S2/c1-3-4-5(2)11-15(12,13)7-10-9-6(8)14-7/h5,11H,3-4H2,1-2H3,(H2,8,9). The van der Waals surface area contributed by atoms with E-state index in [0.29, 0.717) is 0 Å². The van der Waals surface area contributed by atoms with Crippen LogP contribution in [0.2, 0.25) is 0 Å². The van der Waals surface area contributed by atoms with Crippen molar-refractivity contribution in [3.63, 3.8) is 0 Å². The van der Waals surface area contributed by atoms with Gasteiger partial charge in [-0.3, -0.25) is 0 Å². The van der Waals surface area contributed by atoms with E-state index < -0.39 is 10.0 Å². The maximum atomic E-state index is 11.7. The number of sulfonamides is 1. The number of nitrogens with one attached hydrogen (secondary N) is 1. The molecule has 0 fully saturated rings. The molecule has 0 spiro atoms. The number of nitrogens with zero attached hydrogens (tertiary/aromatic N) is 2. The summed E-state index contributed by atoms with van der Waals surface area (Å²) >= 11 is 0.860. The molecule has 1 atom stereocenters. The van der Waals surface area contributed by atoms with E-state index in [1.54, 1.807) is 0 Å². The van der Waals surface area contributed by atoms with Crippen LogP contribution < -0.4 is 10.5 Å². The Labute approximate surface area is 93.0 Å². The molecule has 0 aliphatic heterocycles. The van der Waals surface area contributed by atoms with Crippen LogP contribution in [0.25, 0.3) is 0 Å². The first-order chi connectivity index (χ1) is 6.95. The Morgan fingerprint density at radius 1 is 1.53 bits per heavy atom. The number of anilines is 1. The molecule has 0 saturated heterocycles. The highest BCUT2D eigenvalue weighted by atomic mass is 32.2. The van der Waals surface area contributed by atoms with Gasteiger partial charge < -0.3 is 5.73 Å². The van der Waals surface area contributed by atoms with Gasteiger partial charge in [0.05, 0.1) is 0 Å². The molecule has 8 heteroatoms. The van der Waals surface area contributed by atoms with Gasteiger partial charge in [-0.15, -0.1) is 10.2 Å². The molecule has 15 heavy (non-hydrogen) atoms. The van der Waals surface area contributed by atoms with Crippen LogP contribution in [-0.4, -0.2) is 24.7 Å². The van der Waals surface area contributed by atoms with Crippen molar-refractivity contribution in [2.45, 2.75) is 37.1 Å². The minimum atomic E-state index is -3.55. The van der Waals surface area contributed by atoms with Crippen LogP contribution in [0.5, 0.6) is 0 Å². The Kier molecular flexibility index (Phi) is 4.00. The van der Waals surface area contributed by atoms with Crippen molar-refractivity contribution < 1.29 is 8.42 Å². The van der Waals surface area contributed by atoms with Crippen molar-refractivity contribution in [1.29, 1.82) is 0 Å². The van der Waals surface area contributed by atoms with Gasteiger partial charge in [-0.05, 0) is 13.3 Å². The number of hydrogen-bond acceptors (Lipinski definition) is 6. The van der Waals surface area contributed by atoms with Crippen molar-refractivity contribution >= 4 is 26.5 Å². The second kappa shape index (κ2) is 4.86. The molecule has 0 aromatic carbocycles. The number of rotatable bonds is 5.